The van der Waals surface area contributed by atoms with E-state index in [1.807, 2.05) is 11.7 Å². The molecule has 3 amide bonds. The molecule has 0 aromatic rings. The van der Waals surface area contributed by atoms with Gasteiger partial charge in [0, 0.05) is 33.3 Å². The zero-order valence-electron chi connectivity index (χ0n) is 16.0. The van der Waals surface area contributed by atoms with Crippen LogP contribution >= 0.6 is 0 Å². The van der Waals surface area contributed by atoms with E-state index in [9.17, 15) is 14.4 Å². The molecule has 4 rings (SSSR count). The minimum Gasteiger partial charge on any atom is -0.400 e. The molecule has 2 heterocycles. The van der Waals surface area contributed by atoms with Gasteiger partial charge in [0.05, 0.1) is 0 Å². The van der Waals surface area contributed by atoms with Gasteiger partial charge in [0.15, 0.2) is 0 Å². The van der Waals surface area contributed by atoms with E-state index in [1.54, 1.807) is 9.80 Å². The first kappa shape index (κ1) is 21.1. The maximum absolute atomic E-state index is 13.1. The molecular weight excluding hydrogens is 350 g/mol. The molecular formula is C19H29N3O5. The van der Waals surface area contributed by atoms with Crippen molar-refractivity contribution in [3.63, 3.8) is 0 Å². The number of rotatable bonds is 3. The molecule has 0 radical (unpaired) electrons. The molecule has 27 heavy (non-hydrogen) atoms. The van der Waals surface area contributed by atoms with Crippen LogP contribution in [0.15, 0.2) is 12.7 Å². The van der Waals surface area contributed by atoms with Crippen LogP contribution in [0.3, 0.4) is 0 Å². The highest BCUT2D eigenvalue weighted by atomic mass is 16.2. The monoisotopic (exact) mass is 379 g/mol. The van der Waals surface area contributed by atoms with E-state index < -0.39 is 11.1 Å². The minimum absolute atomic E-state index is 0.0241. The van der Waals surface area contributed by atoms with Crippen LogP contribution in [0.25, 0.3) is 0 Å². The highest BCUT2D eigenvalue weighted by Crippen LogP contribution is 2.52. The van der Waals surface area contributed by atoms with Crippen LogP contribution in [0.4, 0.5) is 0 Å². The standard InChI is InChI=1S/C17H23N3O3.CH4O.CH2O/c1-2-13(21)19-11-12-20(15(23)17(19)7-8-17)16(5-6-16)14(22)18-9-3-4-10-18;2*1-2/h2H,1,3-12H2;2H,1H3;1H2. The van der Waals surface area contributed by atoms with Crippen molar-refractivity contribution in [2.45, 2.75) is 49.6 Å². The summed E-state index contributed by atoms with van der Waals surface area (Å²) < 4.78 is 0. The van der Waals surface area contributed by atoms with Crippen LogP contribution in [-0.2, 0) is 19.2 Å². The largest absolute Gasteiger partial charge is 0.400 e. The summed E-state index contributed by atoms with van der Waals surface area (Å²) in [5.74, 6) is -0.0714. The first-order valence-corrected chi connectivity index (χ1v) is 9.34. The number of amides is 3. The Kier molecular flexibility index (Phi) is 6.41. The molecule has 8 nitrogen and oxygen atoms in total. The van der Waals surface area contributed by atoms with E-state index in [0.717, 1.165) is 45.9 Å². The molecule has 0 atom stereocenters. The molecule has 2 saturated heterocycles. The lowest BCUT2D eigenvalue weighted by Crippen LogP contribution is -2.65. The molecule has 0 bridgehead atoms. The summed E-state index contributed by atoms with van der Waals surface area (Å²) in [5, 5.41) is 7.00. The summed E-state index contributed by atoms with van der Waals surface area (Å²) in [6.07, 6.45) is 6.33. The van der Waals surface area contributed by atoms with Crippen LogP contribution in [0, 0.1) is 0 Å². The van der Waals surface area contributed by atoms with Crippen LogP contribution in [0.1, 0.15) is 38.5 Å². The van der Waals surface area contributed by atoms with Crippen LogP contribution in [0.2, 0.25) is 0 Å². The van der Waals surface area contributed by atoms with E-state index in [-0.39, 0.29) is 17.7 Å². The van der Waals surface area contributed by atoms with Crippen LogP contribution in [0.5, 0.6) is 0 Å². The molecule has 0 aromatic carbocycles. The molecule has 1 spiro atoms. The van der Waals surface area contributed by atoms with Crippen molar-refractivity contribution in [2.75, 3.05) is 33.3 Å². The van der Waals surface area contributed by atoms with E-state index in [0.29, 0.717) is 25.9 Å². The van der Waals surface area contributed by atoms with Gasteiger partial charge in [0.25, 0.3) is 0 Å². The fourth-order valence-corrected chi connectivity index (χ4v) is 4.26. The highest BCUT2D eigenvalue weighted by Gasteiger charge is 2.66. The predicted octanol–water partition coefficient (Wildman–Crippen LogP) is -0.0456. The van der Waals surface area contributed by atoms with Crippen LogP contribution in [-0.4, -0.2) is 88.7 Å². The molecule has 0 unspecified atom stereocenters. The van der Waals surface area contributed by atoms with Crippen molar-refractivity contribution in [1.29, 1.82) is 0 Å². The fraction of sp³-hybridized carbons (Fsp3) is 0.684. The van der Waals surface area contributed by atoms with Crippen molar-refractivity contribution >= 4 is 24.5 Å². The molecule has 4 fully saturated rings. The summed E-state index contributed by atoms with van der Waals surface area (Å²) >= 11 is 0. The second kappa shape index (κ2) is 8.21. The summed E-state index contributed by atoms with van der Waals surface area (Å²) in [6.45, 7) is 8.13. The van der Waals surface area contributed by atoms with Gasteiger partial charge in [-0.05, 0) is 44.6 Å². The average molecular weight is 379 g/mol. The Hall–Kier alpha value is -2.22. The van der Waals surface area contributed by atoms with E-state index in [2.05, 4.69) is 6.58 Å². The summed E-state index contributed by atoms with van der Waals surface area (Å²) in [5.41, 5.74) is -1.30. The number of likely N-dealkylation sites (tertiary alicyclic amines) is 1. The van der Waals surface area contributed by atoms with Crippen molar-refractivity contribution in [3.05, 3.63) is 12.7 Å². The second-order valence-corrected chi connectivity index (χ2v) is 7.21. The number of nitrogens with zero attached hydrogens (tertiary/aromatic N) is 3. The number of carbonyl (C=O) groups is 4. The lowest BCUT2D eigenvalue weighted by molar-refractivity contribution is -0.159. The molecule has 2 aliphatic heterocycles. The zero-order valence-corrected chi connectivity index (χ0v) is 16.0. The maximum Gasteiger partial charge on any atom is 0.249 e. The Bertz CT molecular complexity index is 606. The second-order valence-electron chi connectivity index (χ2n) is 7.21. The number of hydrogen-bond donors (Lipinski definition) is 1. The van der Waals surface area contributed by atoms with Gasteiger partial charge in [-0.1, -0.05) is 6.58 Å². The number of carbonyl (C=O) groups excluding carboxylic acids is 4. The molecule has 2 aliphatic carbocycles. The van der Waals surface area contributed by atoms with Gasteiger partial charge in [-0.2, -0.15) is 0 Å². The molecule has 2 saturated carbocycles. The highest BCUT2D eigenvalue weighted by molar-refractivity contribution is 6.02. The molecule has 150 valence electrons. The smallest absolute Gasteiger partial charge is 0.249 e. The lowest BCUT2D eigenvalue weighted by Gasteiger charge is -2.44. The normalized spacial score (nSPS) is 23.6. The van der Waals surface area contributed by atoms with Gasteiger partial charge in [0.2, 0.25) is 17.7 Å². The van der Waals surface area contributed by atoms with Crippen molar-refractivity contribution in [1.82, 2.24) is 14.7 Å². The quantitative estimate of drug-likeness (QED) is 0.694. The third-order valence-corrected chi connectivity index (χ3v) is 5.90. The summed E-state index contributed by atoms with van der Waals surface area (Å²) in [7, 11) is 1.00. The third kappa shape index (κ3) is 3.38. The summed E-state index contributed by atoms with van der Waals surface area (Å²) in [6, 6.07) is 0. The first-order valence-electron chi connectivity index (χ1n) is 9.34. The Morgan fingerprint density at radius 3 is 2.00 bits per heavy atom. The van der Waals surface area contributed by atoms with E-state index in [4.69, 9.17) is 9.90 Å². The number of piperazine rings is 1. The van der Waals surface area contributed by atoms with Gasteiger partial charge in [0.1, 0.15) is 17.9 Å². The zero-order chi connectivity index (χ0) is 20.2. The number of aliphatic hydroxyl groups excluding tert-OH is 1. The Labute approximate surface area is 159 Å². The minimum atomic E-state index is -0.690. The van der Waals surface area contributed by atoms with Crippen molar-refractivity contribution < 1.29 is 24.3 Å². The molecule has 0 aromatic heterocycles. The van der Waals surface area contributed by atoms with Crippen molar-refractivity contribution in [2.24, 2.45) is 0 Å². The number of aliphatic hydroxyl groups is 1. The maximum atomic E-state index is 13.1. The van der Waals surface area contributed by atoms with E-state index >= 15 is 0 Å². The van der Waals surface area contributed by atoms with Gasteiger partial charge in [-0.15, -0.1) is 0 Å². The topological polar surface area (TPSA) is 98.2 Å². The average Bonchev–Trinajstić information content (AvgIpc) is 3.63. The van der Waals surface area contributed by atoms with Gasteiger partial charge in [-0.3, -0.25) is 14.4 Å². The van der Waals surface area contributed by atoms with Gasteiger partial charge in [-0.25, -0.2) is 0 Å². The number of hydrogen-bond acceptors (Lipinski definition) is 5. The predicted molar refractivity (Wildman–Crippen MR) is 98.6 cm³/mol. The van der Waals surface area contributed by atoms with Crippen molar-refractivity contribution in [3.8, 4) is 0 Å². The van der Waals surface area contributed by atoms with Gasteiger partial charge >= 0.3 is 0 Å². The Morgan fingerprint density at radius 2 is 1.56 bits per heavy atom. The molecule has 8 heteroatoms. The third-order valence-electron chi connectivity index (χ3n) is 5.90. The Balaban J connectivity index is 0.000000614. The molecule has 1 N–H and O–H groups in total. The SMILES string of the molecule is C=CC(=O)N1CCN(C2(C(=O)N3CCCC3)CC2)C(=O)C12CC2.C=O.CO. The van der Waals surface area contributed by atoms with Gasteiger partial charge < -0.3 is 24.6 Å². The lowest BCUT2D eigenvalue weighted by atomic mass is 10.0. The Morgan fingerprint density at radius 1 is 1.00 bits per heavy atom. The van der Waals surface area contributed by atoms with E-state index in [1.165, 1.54) is 6.08 Å². The summed E-state index contributed by atoms with van der Waals surface area (Å²) in [4.78, 5) is 51.4. The van der Waals surface area contributed by atoms with Crippen LogP contribution < -0.4 is 0 Å². The fourth-order valence-electron chi connectivity index (χ4n) is 4.26. The molecule has 4 aliphatic rings. The first-order chi connectivity index (χ1) is 13.0.